The van der Waals surface area contributed by atoms with Crippen molar-refractivity contribution in [2.75, 3.05) is 11.1 Å². The number of benzene rings is 1. The Kier molecular flexibility index (Phi) is 4.45. The van der Waals surface area contributed by atoms with E-state index in [2.05, 4.69) is 30.4 Å². The third-order valence-electron chi connectivity index (χ3n) is 3.06. The third kappa shape index (κ3) is 3.39. The van der Waals surface area contributed by atoms with Crippen molar-refractivity contribution in [2.45, 2.75) is 27.3 Å². The van der Waals surface area contributed by atoms with Gasteiger partial charge in [0.2, 0.25) is 0 Å². The zero-order valence-corrected chi connectivity index (χ0v) is 12.9. The van der Waals surface area contributed by atoms with E-state index in [-0.39, 0.29) is 11.7 Å². The minimum absolute atomic E-state index is 0.0272. The lowest BCUT2D eigenvalue weighted by Gasteiger charge is -2.04. The molecule has 0 fully saturated rings. The second-order valence-corrected chi connectivity index (χ2v) is 6.31. The molecule has 0 spiro atoms. The Morgan fingerprint density at radius 1 is 1.35 bits per heavy atom. The van der Waals surface area contributed by atoms with E-state index in [9.17, 15) is 4.79 Å². The van der Waals surface area contributed by atoms with Crippen LogP contribution in [0.3, 0.4) is 0 Å². The van der Waals surface area contributed by atoms with E-state index in [4.69, 9.17) is 5.73 Å². The molecule has 1 aromatic carbocycles. The van der Waals surface area contributed by atoms with Gasteiger partial charge in [-0.25, -0.2) is 0 Å². The summed E-state index contributed by atoms with van der Waals surface area (Å²) < 4.78 is 0. The summed E-state index contributed by atoms with van der Waals surface area (Å²) in [6.07, 6.45) is 0. The third-order valence-corrected chi connectivity index (χ3v) is 4.18. The highest BCUT2D eigenvalue weighted by molar-refractivity contribution is 7.18. The lowest BCUT2D eigenvalue weighted by atomic mass is 10.1. The lowest BCUT2D eigenvalue weighted by molar-refractivity contribution is 0.0944. The highest BCUT2D eigenvalue weighted by Gasteiger charge is 2.17. The average molecular weight is 288 g/mol. The van der Waals surface area contributed by atoms with Gasteiger partial charge in [0, 0.05) is 12.5 Å². The molecule has 2 rings (SSSR count). The summed E-state index contributed by atoms with van der Waals surface area (Å²) in [5.74, 6) is 0.0803. The summed E-state index contributed by atoms with van der Waals surface area (Å²) in [5.41, 5.74) is 8.95. The van der Waals surface area contributed by atoms with Crippen molar-refractivity contribution in [3.05, 3.63) is 46.3 Å². The van der Waals surface area contributed by atoms with Crippen molar-refractivity contribution in [1.82, 2.24) is 0 Å². The highest BCUT2D eigenvalue weighted by Crippen LogP contribution is 2.31. The molecule has 0 amide bonds. The number of nitrogens with two attached hydrogens (primary N) is 1. The average Bonchev–Trinajstić information content (AvgIpc) is 2.77. The molecule has 0 saturated heterocycles. The van der Waals surface area contributed by atoms with E-state index in [1.54, 1.807) is 0 Å². The van der Waals surface area contributed by atoms with Crippen molar-refractivity contribution in [3.63, 3.8) is 0 Å². The summed E-state index contributed by atoms with van der Waals surface area (Å²) >= 11 is 1.43. The maximum Gasteiger partial charge on any atom is 0.177 e. The van der Waals surface area contributed by atoms with Gasteiger partial charge < -0.3 is 11.1 Å². The molecule has 1 aromatic heterocycles. The Balaban J connectivity index is 2.08. The van der Waals surface area contributed by atoms with Crippen molar-refractivity contribution < 1.29 is 4.79 Å². The molecule has 1 heterocycles. The molecule has 0 aliphatic heterocycles. The van der Waals surface area contributed by atoms with Crippen molar-refractivity contribution in [2.24, 2.45) is 5.92 Å². The van der Waals surface area contributed by atoms with Gasteiger partial charge in [0.15, 0.2) is 5.78 Å². The number of hydrogen-bond acceptors (Lipinski definition) is 4. The van der Waals surface area contributed by atoms with E-state index in [0.717, 1.165) is 11.5 Å². The van der Waals surface area contributed by atoms with Gasteiger partial charge in [-0.15, -0.1) is 11.3 Å². The largest absolute Gasteiger partial charge is 0.397 e. The van der Waals surface area contributed by atoms with E-state index < -0.39 is 0 Å². The second-order valence-electron chi connectivity index (χ2n) is 5.26. The highest BCUT2D eigenvalue weighted by atomic mass is 32.1. The minimum atomic E-state index is -0.0272. The van der Waals surface area contributed by atoms with Gasteiger partial charge in [-0.2, -0.15) is 0 Å². The van der Waals surface area contributed by atoms with E-state index in [1.807, 2.05) is 26.0 Å². The van der Waals surface area contributed by atoms with Crippen LogP contribution < -0.4 is 11.1 Å². The number of carbonyl (C=O) groups excluding carboxylic acids is 1. The van der Waals surface area contributed by atoms with Crippen LogP contribution in [0.2, 0.25) is 0 Å². The molecule has 0 radical (unpaired) electrons. The number of nitrogens with one attached hydrogen (secondary N) is 1. The van der Waals surface area contributed by atoms with Crippen molar-refractivity contribution in [1.29, 1.82) is 0 Å². The molecule has 106 valence electrons. The van der Waals surface area contributed by atoms with Crippen LogP contribution in [0.25, 0.3) is 0 Å². The SMILES string of the molecule is Cc1cccc(CNc2cc(N)c(C(=O)C(C)C)s2)c1. The first-order valence-electron chi connectivity index (χ1n) is 6.70. The Bertz CT molecular complexity index is 617. The van der Waals surface area contributed by atoms with Crippen molar-refractivity contribution in [3.8, 4) is 0 Å². The molecule has 20 heavy (non-hydrogen) atoms. The summed E-state index contributed by atoms with van der Waals surface area (Å²) in [6, 6.07) is 10.2. The number of thiophene rings is 1. The van der Waals surface area contributed by atoms with E-state index in [1.165, 1.54) is 22.5 Å². The molecular weight excluding hydrogens is 268 g/mol. The monoisotopic (exact) mass is 288 g/mol. The molecule has 2 aromatic rings. The normalized spacial score (nSPS) is 10.8. The van der Waals surface area contributed by atoms with Gasteiger partial charge in [0.25, 0.3) is 0 Å². The quantitative estimate of drug-likeness (QED) is 0.815. The molecule has 0 atom stereocenters. The Labute approximate surface area is 123 Å². The predicted octanol–water partition coefficient (Wildman–Crippen LogP) is 4.09. The van der Waals surface area contributed by atoms with E-state index in [0.29, 0.717) is 10.6 Å². The van der Waals surface area contributed by atoms with Crippen LogP contribution in [0.15, 0.2) is 30.3 Å². The van der Waals surface area contributed by atoms with Crippen LogP contribution >= 0.6 is 11.3 Å². The maximum atomic E-state index is 12.0. The number of rotatable bonds is 5. The zero-order valence-electron chi connectivity index (χ0n) is 12.1. The standard InChI is InChI=1S/C16H20N2OS/c1-10(2)15(19)16-13(17)8-14(20-16)18-9-12-6-4-5-11(3)7-12/h4-8,10,18H,9,17H2,1-3H3. The molecule has 4 heteroatoms. The van der Waals surface area contributed by atoms with Crippen LogP contribution in [0, 0.1) is 12.8 Å². The summed E-state index contributed by atoms with van der Waals surface area (Å²) in [7, 11) is 0. The molecule has 0 aliphatic rings. The van der Waals surface area contributed by atoms with Gasteiger partial charge >= 0.3 is 0 Å². The molecule has 3 N–H and O–H groups in total. The summed E-state index contributed by atoms with van der Waals surface area (Å²) in [6.45, 7) is 6.59. The van der Waals surface area contributed by atoms with Crippen LogP contribution in [-0.4, -0.2) is 5.78 Å². The number of hydrogen-bond donors (Lipinski definition) is 2. The lowest BCUT2D eigenvalue weighted by Crippen LogP contribution is -2.07. The molecule has 0 bridgehead atoms. The van der Waals surface area contributed by atoms with Gasteiger partial charge in [-0.1, -0.05) is 43.7 Å². The number of aryl methyl sites for hydroxylation is 1. The molecule has 0 unspecified atom stereocenters. The fourth-order valence-corrected chi connectivity index (χ4v) is 3.02. The van der Waals surface area contributed by atoms with Crippen LogP contribution in [0.5, 0.6) is 0 Å². The fourth-order valence-electron chi connectivity index (χ4n) is 1.96. The fraction of sp³-hybridized carbons (Fsp3) is 0.312. The van der Waals surface area contributed by atoms with Gasteiger partial charge in [-0.05, 0) is 18.6 Å². The summed E-state index contributed by atoms with van der Waals surface area (Å²) in [5, 5.41) is 4.27. The smallest absolute Gasteiger partial charge is 0.177 e. The first-order valence-corrected chi connectivity index (χ1v) is 7.52. The van der Waals surface area contributed by atoms with Gasteiger partial charge in [-0.3, -0.25) is 4.79 Å². The number of Topliss-reactive ketones (excluding diaryl/α,β-unsaturated/α-hetero) is 1. The molecule has 3 nitrogen and oxygen atoms in total. The number of carbonyl (C=O) groups is 1. The Morgan fingerprint density at radius 3 is 2.75 bits per heavy atom. The maximum absolute atomic E-state index is 12.0. The Morgan fingerprint density at radius 2 is 2.10 bits per heavy atom. The Hall–Kier alpha value is -1.81. The number of nitrogen functional groups attached to an aromatic ring is 1. The molecular formula is C16H20N2OS. The zero-order chi connectivity index (χ0) is 14.7. The number of ketones is 1. The van der Waals surface area contributed by atoms with Crippen LogP contribution in [0.4, 0.5) is 10.7 Å². The molecule has 0 aliphatic carbocycles. The van der Waals surface area contributed by atoms with Crippen LogP contribution in [0.1, 0.15) is 34.6 Å². The van der Waals surface area contributed by atoms with Crippen LogP contribution in [-0.2, 0) is 6.54 Å². The topological polar surface area (TPSA) is 55.1 Å². The number of anilines is 2. The predicted molar refractivity (Wildman–Crippen MR) is 86.4 cm³/mol. The molecule has 0 saturated carbocycles. The second kappa shape index (κ2) is 6.09. The van der Waals surface area contributed by atoms with Gasteiger partial charge in [0.05, 0.1) is 15.6 Å². The van der Waals surface area contributed by atoms with Gasteiger partial charge in [0.1, 0.15) is 0 Å². The van der Waals surface area contributed by atoms with E-state index >= 15 is 0 Å². The first-order chi connectivity index (χ1) is 9.47. The minimum Gasteiger partial charge on any atom is -0.397 e. The first kappa shape index (κ1) is 14.6. The summed E-state index contributed by atoms with van der Waals surface area (Å²) in [4.78, 5) is 12.7. The van der Waals surface area contributed by atoms with Crippen molar-refractivity contribution >= 4 is 27.8 Å².